The lowest BCUT2D eigenvalue weighted by molar-refractivity contribution is -0.117. The molecule has 4 rings (SSSR count). The van der Waals surface area contributed by atoms with Crippen LogP contribution in [0.5, 0.6) is 0 Å². The van der Waals surface area contributed by atoms with Crippen molar-refractivity contribution >= 4 is 34.6 Å². The molecule has 2 N–H and O–H groups in total. The van der Waals surface area contributed by atoms with Crippen molar-refractivity contribution in [3.63, 3.8) is 0 Å². The Morgan fingerprint density at radius 1 is 1.09 bits per heavy atom. The highest BCUT2D eigenvalue weighted by molar-refractivity contribution is 7.99. The fraction of sp³-hybridized carbons (Fsp3) is 0.160. The first-order valence-corrected chi connectivity index (χ1v) is 11.8. The monoisotopic (exact) mass is 472 g/mol. The molecule has 0 unspecified atom stereocenters. The predicted molar refractivity (Wildman–Crippen MR) is 134 cm³/mol. The summed E-state index contributed by atoms with van der Waals surface area (Å²) in [6.07, 6.45) is 1.54. The highest BCUT2D eigenvalue weighted by Crippen LogP contribution is 2.32. The Hall–Kier alpha value is -3.98. The molecule has 3 amide bonds. The first kappa shape index (κ1) is 23.2. The third-order valence-corrected chi connectivity index (χ3v) is 6.02. The summed E-state index contributed by atoms with van der Waals surface area (Å²) in [5.41, 5.74) is 3.64. The fourth-order valence-corrected chi connectivity index (χ4v) is 4.30. The second kappa shape index (κ2) is 10.8. The van der Waals surface area contributed by atoms with Crippen LogP contribution in [0, 0.1) is 0 Å². The Labute approximate surface area is 201 Å². The van der Waals surface area contributed by atoms with Crippen molar-refractivity contribution in [3.8, 4) is 22.6 Å². The molecule has 2 aromatic carbocycles. The van der Waals surface area contributed by atoms with E-state index in [0.717, 1.165) is 27.7 Å². The number of carbonyl (C=O) groups is 2. The number of para-hydroxylation sites is 1. The average molecular weight is 473 g/mol. The minimum absolute atomic E-state index is 0.0337. The highest BCUT2D eigenvalue weighted by Gasteiger charge is 2.18. The second-order valence-corrected chi connectivity index (χ2v) is 8.27. The van der Waals surface area contributed by atoms with E-state index in [9.17, 15) is 9.59 Å². The first-order chi connectivity index (χ1) is 16.6. The molecule has 34 heavy (non-hydrogen) atoms. The van der Waals surface area contributed by atoms with E-state index in [4.69, 9.17) is 4.98 Å². The molecule has 4 aromatic rings. The number of hydrogen-bond donors (Lipinski definition) is 2. The number of imide groups is 1. The van der Waals surface area contributed by atoms with Gasteiger partial charge in [0.1, 0.15) is 0 Å². The van der Waals surface area contributed by atoms with Crippen LogP contribution in [0.4, 0.5) is 4.79 Å². The third-order valence-electron chi connectivity index (χ3n) is 5.05. The summed E-state index contributed by atoms with van der Waals surface area (Å²) in [7, 11) is 0. The second-order valence-electron chi connectivity index (χ2n) is 7.32. The number of benzene rings is 2. The number of nitrogens with zero attached hydrogens (tertiary/aromatic N) is 4. The Bertz CT molecular complexity index is 1340. The Morgan fingerprint density at radius 2 is 1.85 bits per heavy atom. The average Bonchev–Trinajstić information content (AvgIpc) is 3.28. The van der Waals surface area contributed by atoms with Crippen LogP contribution in [0.15, 0.2) is 78.5 Å². The van der Waals surface area contributed by atoms with Crippen molar-refractivity contribution in [1.29, 1.82) is 0 Å². The largest absolute Gasteiger partial charge is 0.334 e. The first-order valence-electron chi connectivity index (χ1n) is 10.8. The molecule has 0 saturated heterocycles. The van der Waals surface area contributed by atoms with Crippen LogP contribution in [-0.4, -0.2) is 44.0 Å². The van der Waals surface area contributed by atoms with E-state index < -0.39 is 11.9 Å². The van der Waals surface area contributed by atoms with Crippen molar-refractivity contribution in [2.45, 2.75) is 18.6 Å². The number of carbonyl (C=O) groups excluding carboxylic acids is 2. The fourth-order valence-electron chi connectivity index (χ4n) is 3.50. The normalized spacial score (nSPS) is 10.7. The number of urea groups is 1. The zero-order valence-corrected chi connectivity index (χ0v) is 19.5. The number of nitrogens with one attached hydrogen (secondary N) is 2. The number of aromatic nitrogens is 4. The number of amides is 3. The van der Waals surface area contributed by atoms with E-state index in [2.05, 4.69) is 27.4 Å². The maximum atomic E-state index is 12.2. The van der Waals surface area contributed by atoms with E-state index in [1.165, 1.54) is 17.8 Å². The molecule has 172 valence electrons. The third kappa shape index (κ3) is 5.15. The molecule has 0 radical (unpaired) electrons. The number of thioether (sulfide) groups is 1. The molecule has 2 heterocycles. The van der Waals surface area contributed by atoms with Gasteiger partial charge in [0.15, 0.2) is 11.0 Å². The Morgan fingerprint density at radius 3 is 2.62 bits per heavy atom. The molecule has 0 spiro atoms. The zero-order chi connectivity index (χ0) is 23.9. The van der Waals surface area contributed by atoms with Crippen molar-refractivity contribution in [2.24, 2.45) is 0 Å². The summed E-state index contributed by atoms with van der Waals surface area (Å²) in [4.78, 5) is 28.7. The summed E-state index contributed by atoms with van der Waals surface area (Å²) in [5, 5.41) is 15.2. The van der Waals surface area contributed by atoms with Crippen LogP contribution in [0.1, 0.15) is 6.92 Å². The molecule has 0 aliphatic carbocycles. The minimum Gasteiger partial charge on any atom is -0.334 e. The van der Waals surface area contributed by atoms with Gasteiger partial charge in [-0.05, 0) is 19.1 Å². The summed E-state index contributed by atoms with van der Waals surface area (Å²) in [6.45, 7) is 6.42. The zero-order valence-electron chi connectivity index (χ0n) is 18.7. The molecule has 8 nitrogen and oxygen atoms in total. The van der Waals surface area contributed by atoms with Crippen molar-refractivity contribution < 1.29 is 9.59 Å². The van der Waals surface area contributed by atoms with Crippen LogP contribution in [-0.2, 0) is 11.3 Å². The van der Waals surface area contributed by atoms with Gasteiger partial charge in [0.2, 0.25) is 5.91 Å². The lowest BCUT2D eigenvalue weighted by Crippen LogP contribution is -2.40. The van der Waals surface area contributed by atoms with Crippen LogP contribution in [0.3, 0.4) is 0 Å². The van der Waals surface area contributed by atoms with Crippen LogP contribution in [0.2, 0.25) is 0 Å². The topological polar surface area (TPSA) is 102 Å². The van der Waals surface area contributed by atoms with E-state index in [1.54, 1.807) is 0 Å². The van der Waals surface area contributed by atoms with E-state index in [1.807, 2.05) is 72.2 Å². The highest BCUT2D eigenvalue weighted by atomic mass is 32.2. The maximum absolute atomic E-state index is 12.2. The molecule has 0 aliphatic heterocycles. The van der Waals surface area contributed by atoms with Gasteiger partial charge in [-0.15, -0.1) is 16.8 Å². The summed E-state index contributed by atoms with van der Waals surface area (Å²) >= 11 is 1.23. The van der Waals surface area contributed by atoms with Gasteiger partial charge >= 0.3 is 6.03 Å². The number of rotatable bonds is 8. The van der Waals surface area contributed by atoms with Crippen LogP contribution in [0.25, 0.3) is 33.5 Å². The molecule has 2 aromatic heterocycles. The van der Waals surface area contributed by atoms with E-state index in [-0.39, 0.29) is 12.3 Å². The lowest BCUT2D eigenvalue weighted by Gasteiger charge is -2.12. The van der Waals surface area contributed by atoms with Gasteiger partial charge in [0.05, 0.1) is 17.0 Å². The molecular weight excluding hydrogens is 448 g/mol. The lowest BCUT2D eigenvalue weighted by atomic mass is 10.0. The summed E-state index contributed by atoms with van der Waals surface area (Å²) < 4.78 is 1.96. The molecule has 0 atom stereocenters. The standard InChI is InChI=1S/C25H24N6O2S/c1-3-14-26-24(33)28-22(32)16-34-25-30-29-23(31(25)4-2)19-15-21(17-10-6-5-7-11-17)27-20-13-9-8-12-18(19)20/h3,5-13,15H,1,4,14,16H2,2H3,(H2,26,28,32,33). The van der Waals surface area contributed by atoms with Gasteiger partial charge in [0.25, 0.3) is 0 Å². The SMILES string of the molecule is C=CCNC(=O)NC(=O)CSc1nnc(-c2cc(-c3ccccc3)nc3ccccc23)n1CC. The smallest absolute Gasteiger partial charge is 0.321 e. The van der Waals surface area contributed by atoms with Crippen molar-refractivity contribution in [1.82, 2.24) is 30.4 Å². The molecule has 0 fully saturated rings. The quantitative estimate of drug-likeness (QED) is 0.293. The number of fused-ring (bicyclic) bond motifs is 1. The molecular formula is C25H24N6O2S. The molecule has 0 aliphatic rings. The summed E-state index contributed by atoms with van der Waals surface area (Å²) in [5.74, 6) is 0.316. The molecule has 0 bridgehead atoms. The molecule has 0 saturated carbocycles. The Kier molecular flexibility index (Phi) is 7.34. The van der Waals surface area contributed by atoms with Gasteiger partial charge in [-0.1, -0.05) is 66.4 Å². The van der Waals surface area contributed by atoms with Gasteiger partial charge < -0.3 is 9.88 Å². The summed E-state index contributed by atoms with van der Waals surface area (Å²) in [6, 6.07) is 19.4. The van der Waals surface area contributed by atoms with E-state index >= 15 is 0 Å². The van der Waals surface area contributed by atoms with Crippen molar-refractivity contribution in [2.75, 3.05) is 12.3 Å². The van der Waals surface area contributed by atoms with Gasteiger partial charge in [-0.3, -0.25) is 10.1 Å². The maximum Gasteiger partial charge on any atom is 0.321 e. The number of hydrogen-bond acceptors (Lipinski definition) is 6. The van der Waals surface area contributed by atoms with E-state index in [0.29, 0.717) is 17.5 Å². The Balaban J connectivity index is 1.64. The van der Waals surface area contributed by atoms with Gasteiger partial charge in [-0.2, -0.15) is 0 Å². The molecule has 9 heteroatoms. The number of pyridine rings is 1. The van der Waals surface area contributed by atoms with Crippen molar-refractivity contribution in [3.05, 3.63) is 73.3 Å². The minimum atomic E-state index is -0.556. The van der Waals surface area contributed by atoms with Gasteiger partial charge in [0, 0.05) is 29.6 Å². The van der Waals surface area contributed by atoms with Crippen LogP contribution >= 0.6 is 11.8 Å². The van der Waals surface area contributed by atoms with Crippen LogP contribution < -0.4 is 10.6 Å². The predicted octanol–water partition coefficient (Wildman–Crippen LogP) is 4.28. The van der Waals surface area contributed by atoms with Gasteiger partial charge in [-0.25, -0.2) is 9.78 Å².